The Labute approximate surface area is 115 Å². The number of hydrogen-bond acceptors (Lipinski definition) is 4. The molecule has 0 unspecified atom stereocenters. The molecule has 0 aliphatic carbocycles. The smallest absolute Gasteiger partial charge is 0.138 e. The van der Waals surface area contributed by atoms with Gasteiger partial charge in [0.1, 0.15) is 5.76 Å². The normalized spacial score (nSPS) is 27.9. The summed E-state index contributed by atoms with van der Waals surface area (Å²) in [5.41, 5.74) is 2.32. The van der Waals surface area contributed by atoms with E-state index in [1.807, 2.05) is 19.9 Å². The van der Waals surface area contributed by atoms with Crippen molar-refractivity contribution in [2.75, 3.05) is 19.6 Å². The lowest BCUT2D eigenvalue weighted by molar-refractivity contribution is 0.224. The molecule has 1 aromatic rings. The van der Waals surface area contributed by atoms with Crippen molar-refractivity contribution >= 4 is 0 Å². The first-order valence-corrected chi connectivity index (χ1v) is 7.21. The lowest BCUT2D eigenvalue weighted by Gasteiger charge is -2.24. The summed E-state index contributed by atoms with van der Waals surface area (Å²) in [7, 11) is 0. The predicted octanol–water partition coefficient (Wildman–Crippen LogP) is 2.13. The topological polar surface area (TPSA) is 32.5 Å². The third-order valence-electron chi connectivity index (χ3n) is 4.71. The molecule has 3 rings (SSSR count). The summed E-state index contributed by atoms with van der Waals surface area (Å²) in [4.78, 5) is 5.19. The van der Waals surface area contributed by atoms with Crippen LogP contribution in [0.2, 0.25) is 0 Å². The number of hydrogen-bond donors (Lipinski definition) is 0. The molecule has 0 amide bonds. The Hall–Kier alpha value is -1.13. The van der Waals surface area contributed by atoms with E-state index in [1.165, 1.54) is 31.5 Å². The Morgan fingerprint density at radius 3 is 2.58 bits per heavy atom. The summed E-state index contributed by atoms with van der Waals surface area (Å²) in [6.07, 6.45) is 4.59. The third kappa shape index (κ3) is 2.23. The van der Waals surface area contributed by atoms with Crippen molar-refractivity contribution in [3.8, 4) is 0 Å². The van der Waals surface area contributed by atoms with Gasteiger partial charge in [-0.2, -0.15) is 0 Å². The van der Waals surface area contributed by atoms with Crippen LogP contribution in [-0.2, 0) is 6.54 Å². The SMILES string of the molecule is C=CCN1CC[C@@H]2[C@@H]1CCN2Cc1c(C)noc1C. The van der Waals surface area contributed by atoms with Gasteiger partial charge < -0.3 is 4.52 Å². The zero-order valence-electron chi connectivity index (χ0n) is 11.9. The van der Waals surface area contributed by atoms with E-state index >= 15 is 0 Å². The van der Waals surface area contributed by atoms with Crippen molar-refractivity contribution in [2.45, 2.75) is 45.3 Å². The molecule has 19 heavy (non-hydrogen) atoms. The van der Waals surface area contributed by atoms with Crippen molar-refractivity contribution in [1.29, 1.82) is 0 Å². The van der Waals surface area contributed by atoms with Crippen LogP contribution in [0.5, 0.6) is 0 Å². The van der Waals surface area contributed by atoms with Crippen LogP contribution < -0.4 is 0 Å². The van der Waals surface area contributed by atoms with Gasteiger partial charge in [0.25, 0.3) is 0 Å². The van der Waals surface area contributed by atoms with E-state index in [2.05, 4.69) is 21.5 Å². The van der Waals surface area contributed by atoms with Gasteiger partial charge in [-0.05, 0) is 26.7 Å². The zero-order chi connectivity index (χ0) is 13.4. The summed E-state index contributed by atoms with van der Waals surface area (Å²) in [6, 6.07) is 1.42. The van der Waals surface area contributed by atoms with Gasteiger partial charge >= 0.3 is 0 Å². The van der Waals surface area contributed by atoms with Crippen LogP contribution in [0.25, 0.3) is 0 Å². The Morgan fingerprint density at radius 1 is 1.26 bits per heavy atom. The molecule has 0 saturated carbocycles. The van der Waals surface area contributed by atoms with Crippen molar-refractivity contribution in [3.05, 3.63) is 29.7 Å². The first-order valence-electron chi connectivity index (χ1n) is 7.21. The number of likely N-dealkylation sites (tertiary alicyclic amines) is 2. The molecule has 4 heteroatoms. The Bertz CT molecular complexity index is 448. The van der Waals surface area contributed by atoms with Crippen LogP contribution in [0.3, 0.4) is 0 Å². The van der Waals surface area contributed by atoms with Crippen LogP contribution in [-0.4, -0.2) is 46.7 Å². The average molecular weight is 261 g/mol. The second-order valence-corrected chi connectivity index (χ2v) is 5.77. The molecule has 2 fully saturated rings. The van der Waals surface area contributed by atoms with E-state index in [9.17, 15) is 0 Å². The van der Waals surface area contributed by atoms with Crippen molar-refractivity contribution in [2.24, 2.45) is 0 Å². The van der Waals surface area contributed by atoms with Gasteiger partial charge in [-0.15, -0.1) is 6.58 Å². The van der Waals surface area contributed by atoms with E-state index in [4.69, 9.17) is 4.52 Å². The maximum absolute atomic E-state index is 5.28. The number of aromatic nitrogens is 1. The van der Waals surface area contributed by atoms with E-state index in [0.717, 1.165) is 30.6 Å². The second kappa shape index (κ2) is 5.10. The van der Waals surface area contributed by atoms with Crippen LogP contribution in [0.4, 0.5) is 0 Å². The highest BCUT2D eigenvalue weighted by molar-refractivity contribution is 5.21. The number of nitrogens with zero attached hydrogens (tertiary/aromatic N) is 3. The minimum Gasteiger partial charge on any atom is -0.361 e. The lowest BCUT2D eigenvalue weighted by Crippen LogP contribution is -2.36. The first kappa shape index (κ1) is 12.9. The molecule has 2 aliphatic heterocycles. The van der Waals surface area contributed by atoms with E-state index in [1.54, 1.807) is 0 Å². The van der Waals surface area contributed by atoms with E-state index in [-0.39, 0.29) is 0 Å². The van der Waals surface area contributed by atoms with Gasteiger partial charge in [-0.3, -0.25) is 9.80 Å². The largest absolute Gasteiger partial charge is 0.361 e. The van der Waals surface area contributed by atoms with Crippen molar-refractivity contribution in [1.82, 2.24) is 15.0 Å². The molecule has 104 valence electrons. The Kier molecular flexibility index (Phi) is 3.46. The fraction of sp³-hybridized carbons (Fsp3) is 0.667. The molecular formula is C15H23N3O. The zero-order valence-corrected chi connectivity index (χ0v) is 11.9. The number of fused-ring (bicyclic) bond motifs is 1. The maximum Gasteiger partial charge on any atom is 0.138 e. The van der Waals surface area contributed by atoms with Crippen LogP contribution in [0.15, 0.2) is 17.2 Å². The molecule has 1 aromatic heterocycles. The van der Waals surface area contributed by atoms with Crippen LogP contribution in [0, 0.1) is 13.8 Å². The molecule has 0 bridgehead atoms. The Balaban J connectivity index is 1.70. The highest BCUT2D eigenvalue weighted by Gasteiger charge is 2.41. The number of aryl methyl sites for hydroxylation is 2. The summed E-state index contributed by atoms with van der Waals surface area (Å²) in [5, 5.41) is 4.06. The maximum atomic E-state index is 5.28. The summed E-state index contributed by atoms with van der Waals surface area (Å²) in [5.74, 6) is 0.974. The van der Waals surface area contributed by atoms with Gasteiger partial charge in [0.15, 0.2) is 0 Å². The molecule has 2 aliphatic rings. The molecule has 0 spiro atoms. The molecule has 0 N–H and O–H groups in total. The lowest BCUT2D eigenvalue weighted by atomic mass is 10.1. The fourth-order valence-electron chi connectivity index (χ4n) is 3.68. The highest BCUT2D eigenvalue weighted by Crippen LogP contribution is 2.33. The molecule has 4 nitrogen and oxygen atoms in total. The molecule has 0 aromatic carbocycles. The fourth-order valence-corrected chi connectivity index (χ4v) is 3.68. The van der Waals surface area contributed by atoms with Crippen LogP contribution in [0.1, 0.15) is 29.9 Å². The number of rotatable bonds is 4. The minimum absolute atomic E-state index is 0.702. The molecule has 2 atom stereocenters. The van der Waals surface area contributed by atoms with E-state index < -0.39 is 0 Å². The summed E-state index contributed by atoms with van der Waals surface area (Å²) >= 11 is 0. The van der Waals surface area contributed by atoms with Gasteiger partial charge in [0.2, 0.25) is 0 Å². The first-order chi connectivity index (χ1) is 9.20. The summed E-state index contributed by atoms with van der Waals surface area (Å²) in [6.45, 7) is 12.3. The molecule has 3 heterocycles. The standard InChI is InChI=1S/C15H23N3O/c1-4-7-17-8-5-15-14(17)6-9-18(15)10-13-11(2)16-19-12(13)3/h4,14-15H,1,5-10H2,2-3H3/t14-,15+/m0/s1. The Morgan fingerprint density at radius 2 is 1.95 bits per heavy atom. The van der Waals surface area contributed by atoms with Gasteiger partial charge in [-0.25, -0.2) is 0 Å². The van der Waals surface area contributed by atoms with Gasteiger partial charge in [0.05, 0.1) is 5.69 Å². The van der Waals surface area contributed by atoms with Crippen molar-refractivity contribution < 1.29 is 4.52 Å². The second-order valence-electron chi connectivity index (χ2n) is 5.77. The molecule has 0 radical (unpaired) electrons. The predicted molar refractivity (Wildman–Crippen MR) is 75.0 cm³/mol. The average Bonchev–Trinajstić information content (AvgIpc) is 3.04. The molecule has 2 saturated heterocycles. The summed E-state index contributed by atoms with van der Waals surface area (Å²) < 4.78 is 5.28. The molecular weight excluding hydrogens is 238 g/mol. The quantitative estimate of drug-likeness (QED) is 0.777. The van der Waals surface area contributed by atoms with Gasteiger partial charge in [0, 0.05) is 43.8 Å². The van der Waals surface area contributed by atoms with E-state index in [0.29, 0.717) is 6.04 Å². The van der Waals surface area contributed by atoms with Crippen molar-refractivity contribution in [3.63, 3.8) is 0 Å². The minimum atomic E-state index is 0.702. The third-order valence-corrected chi connectivity index (χ3v) is 4.71. The van der Waals surface area contributed by atoms with Gasteiger partial charge in [-0.1, -0.05) is 11.2 Å². The van der Waals surface area contributed by atoms with Crippen LogP contribution >= 0.6 is 0 Å². The highest BCUT2D eigenvalue weighted by atomic mass is 16.5. The monoisotopic (exact) mass is 261 g/mol.